The van der Waals surface area contributed by atoms with E-state index < -0.39 is 17.6 Å². The highest BCUT2D eigenvalue weighted by molar-refractivity contribution is 7.99. The van der Waals surface area contributed by atoms with Crippen LogP contribution in [-0.2, 0) is 11.0 Å². The Morgan fingerprint density at radius 3 is 2.56 bits per heavy atom. The number of hydrogen-bond acceptors (Lipinski definition) is 5. The number of aromatic nitrogens is 3. The first-order valence-corrected chi connectivity index (χ1v) is 11.9. The van der Waals surface area contributed by atoms with Gasteiger partial charge in [-0.2, -0.15) is 18.3 Å². The molecule has 1 heterocycles. The Labute approximate surface area is 199 Å². The summed E-state index contributed by atoms with van der Waals surface area (Å²) < 4.78 is 41.9. The molecule has 4 rings (SSSR count). The van der Waals surface area contributed by atoms with Crippen molar-refractivity contribution in [1.29, 1.82) is 0 Å². The third-order valence-corrected chi connectivity index (χ3v) is 6.15. The molecule has 1 fully saturated rings. The van der Waals surface area contributed by atoms with E-state index in [2.05, 4.69) is 19.9 Å². The van der Waals surface area contributed by atoms with Crippen LogP contribution in [0.1, 0.15) is 55.6 Å². The van der Waals surface area contributed by atoms with Gasteiger partial charge in [0.15, 0.2) is 5.16 Å². The second-order valence-corrected chi connectivity index (χ2v) is 9.24. The molecule has 178 valence electrons. The van der Waals surface area contributed by atoms with Gasteiger partial charge in [0.05, 0.1) is 23.2 Å². The van der Waals surface area contributed by atoms with E-state index in [-0.39, 0.29) is 17.4 Å². The van der Waals surface area contributed by atoms with Crippen LogP contribution >= 0.6 is 11.8 Å². The lowest BCUT2D eigenvalue weighted by Crippen LogP contribution is -2.28. The summed E-state index contributed by atoms with van der Waals surface area (Å²) in [4.78, 5) is 13.2. The van der Waals surface area contributed by atoms with Gasteiger partial charge in [0.25, 0.3) is 5.91 Å². The summed E-state index contributed by atoms with van der Waals surface area (Å²) in [6.07, 6.45) is -1.00. The number of rotatable bonds is 8. The predicted octanol–water partition coefficient (Wildman–Crippen LogP) is 5.91. The number of nitrogens with zero attached hydrogens (tertiary/aromatic N) is 5. The fourth-order valence-corrected chi connectivity index (χ4v) is 4.25. The lowest BCUT2D eigenvalue weighted by atomic mass is 10.2. The molecular formula is C24H24F3N5OS. The van der Waals surface area contributed by atoms with Crippen LogP contribution in [0.5, 0.6) is 0 Å². The van der Waals surface area contributed by atoms with E-state index in [0.717, 1.165) is 41.4 Å². The van der Waals surface area contributed by atoms with Crippen molar-refractivity contribution in [3.8, 4) is 0 Å². The van der Waals surface area contributed by atoms with Gasteiger partial charge in [-0.1, -0.05) is 62.0 Å². The molecule has 1 amide bonds. The highest BCUT2D eigenvalue weighted by Gasteiger charge is 2.32. The molecule has 10 heteroatoms. The third-order valence-electron chi connectivity index (χ3n) is 5.22. The standard InChI is InChI=1S/C24H24F3N5OS/c1-16(2)22-29-30-23(31(22)19-11-12-19)34-15-21(33)32(28-14-17-7-4-3-5-8-17)20-10-6-9-18(13-20)24(25,26)27/h3-10,13-14,16,19H,11-12,15H2,1-2H3/b28-14+. The summed E-state index contributed by atoms with van der Waals surface area (Å²) in [6, 6.07) is 14.0. The minimum absolute atomic E-state index is 0.0409. The van der Waals surface area contributed by atoms with Crippen molar-refractivity contribution in [2.75, 3.05) is 10.8 Å². The van der Waals surface area contributed by atoms with Crippen molar-refractivity contribution in [2.45, 2.75) is 50.0 Å². The highest BCUT2D eigenvalue weighted by atomic mass is 32.2. The number of hydrazone groups is 1. The van der Waals surface area contributed by atoms with Gasteiger partial charge >= 0.3 is 6.18 Å². The molecular weight excluding hydrogens is 463 g/mol. The van der Waals surface area contributed by atoms with Crippen LogP contribution in [0.25, 0.3) is 0 Å². The van der Waals surface area contributed by atoms with E-state index in [0.29, 0.717) is 11.2 Å². The normalized spacial score (nSPS) is 14.2. The molecule has 1 saturated carbocycles. The zero-order valence-corrected chi connectivity index (χ0v) is 19.6. The zero-order chi connectivity index (χ0) is 24.3. The van der Waals surface area contributed by atoms with Crippen LogP contribution < -0.4 is 5.01 Å². The van der Waals surface area contributed by atoms with E-state index in [1.54, 1.807) is 12.1 Å². The van der Waals surface area contributed by atoms with Crippen molar-refractivity contribution in [1.82, 2.24) is 14.8 Å². The van der Waals surface area contributed by atoms with Gasteiger partial charge in [-0.15, -0.1) is 10.2 Å². The summed E-state index contributed by atoms with van der Waals surface area (Å²) in [5, 5.41) is 14.4. The Balaban J connectivity index is 1.59. The van der Waals surface area contributed by atoms with E-state index in [1.165, 1.54) is 30.1 Å². The van der Waals surface area contributed by atoms with Crippen molar-refractivity contribution in [3.63, 3.8) is 0 Å². The van der Waals surface area contributed by atoms with Gasteiger partial charge in [-0.05, 0) is 36.6 Å². The van der Waals surface area contributed by atoms with E-state index >= 15 is 0 Å². The first-order valence-electron chi connectivity index (χ1n) is 10.9. The Morgan fingerprint density at radius 1 is 1.18 bits per heavy atom. The molecule has 0 aliphatic heterocycles. The Morgan fingerprint density at radius 2 is 1.91 bits per heavy atom. The number of halogens is 3. The molecule has 0 N–H and O–H groups in total. The molecule has 6 nitrogen and oxygen atoms in total. The lowest BCUT2D eigenvalue weighted by Gasteiger charge is -2.19. The average Bonchev–Trinajstić information content (AvgIpc) is 3.56. The molecule has 2 aromatic carbocycles. The Bertz CT molecular complexity index is 1170. The van der Waals surface area contributed by atoms with E-state index in [4.69, 9.17) is 0 Å². The number of benzene rings is 2. The molecule has 0 unspecified atom stereocenters. The van der Waals surface area contributed by atoms with E-state index in [9.17, 15) is 18.0 Å². The number of carbonyl (C=O) groups is 1. The van der Waals surface area contributed by atoms with Gasteiger partial charge in [-0.25, -0.2) is 5.01 Å². The molecule has 34 heavy (non-hydrogen) atoms. The lowest BCUT2D eigenvalue weighted by molar-refractivity contribution is -0.137. The molecule has 1 aromatic heterocycles. The van der Waals surface area contributed by atoms with Crippen molar-refractivity contribution in [3.05, 3.63) is 71.5 Å². The van der Waals surface area contributed by atoms with Crippen LogP contribution in [0.2, 0.25) is 0 Å². The van der Waals surface area contributed by atoms with Crippen LogP contribution in [0.4, 0.5) is 18.9 Å². The second-order valence-electron chi connectivity index (χ2n) is 8.29. The number of alkyl halides is 3. The van der Waals surface area contributed by atoms with Crippen LogP contribution in [0, 0.1) is 0 Å². The number of hydrogen-bond donors (Lipinski definition) is 0. The first kappa shape index (κ1) is 24.0. The van der Waals surface area contributed by atoms with Crippen LogP contribution in [-0.4, -0.2) is 32.6 Å². The predicted molar refractivity (Wildman–Crippen MR) is 126 cm³/mol. The van der Waals surface area contributed by atoms with Crippen molar-refractivity contribution >= 4 is 29.6 Å². The quantitative estimate of drug-likeness (QED) is 0.225. The van der Waals surface area contributed by atoms with Crippen LogP contribution in [0.15, 0.2) is 64.9 Å². The van der Waals surface area contributed by atoms with Crippen LogP contribution in [0.3, 0.4) is 0 Å². The molecule has 0 bridgehead atoms. The molecule has 0 saturated heterocycles. The molecule has 1 aliphatic carbocycles. The molecule has 0 atom stereocenters. The van der Waals surface area contributed by atoms with Gasteiger partial charge < -0.3 is 4.57 Å². The highest BCUT2D eigenvalue weighted by Crippen LogP contribution is 2.40. The SMILES string of the molecule is CC(C)c1nnc(SCC(=O)N(/N=C/c2ccccc2)c2cccc(C(F)(F)F)c2)n1C1CC1. The largest absolute Gasteiger partial charge is 0.416 e. The fraction of sp³-hybridized carbons (Fsp3) is 0.333. The Kier molecular flexibility index (Phi) is 7.06. The summed E-state index contributed by atoms with van der Waals surface area (Å²) >= 11 is 1.22. The maximum atomic E-state index is 13.3. The number of carbonyl (C=O) groups excluding carboxylic acids is 1. The van der Waals surface area contributed by atoms with Gasteiger partial charge in [-0.3, -0.25) is 4.79 Å². The number of anilines is 1. The van der Waals surface area contributed by atoms with Crippen molar-refractivity contribution in [2.24, 2.45) is 5.10 Å². The molecule has 0 spiro atoms. The fourth-order valence-electron chi connectivity index (χ4n) is 3.40. The average molecular weight is 488 g/mol. The van der Waals surface area contributed by atoms with Gasteiger partial charge in [0.1, 0.15) is 5.82 Å². The smallest absolute Gasteiger partial charge is 0.303 e. The molecule has 0 radical (unpaired) electrons. The summed E-state index contributed by atoms with van der Waals surface area (Å²) in [7, 11) is 0. The number of amides is 1. The zero-order valence-electron chi connectivity index (χ0n) is 18.7. The first-order chi connectivity index (χ1) is 16.2. The molecule has 1 aliphatic rings. The van der Waals surface area contributed by atoms with Gasteiger partial charge in [0.2, 0.25) is 0 Å². The maximum Gasteiger partial charge on any atom is 0.416 e. The molecule has 3 aromatic rings. The second kappa shape index (κ2) is 10.0. The minimum Gasteiger partial charge on any atom is -0.303 e. The summed E-state index contributed by atoms with van der Waals surface area (Å²) in [5.41, 5.74) is -0.0884. The number of thioether (sulfide) groups is 1. The van der Waals surface area contributed by atoms with Crippen molar-refractivity contribution < 1.29 is 18.0 Å². The van der Waals surface area contributed by atoms with E-state index in [1.807, 2.05) is 32.0 Å². The topological polar surface area (TPSA) is 63.4 Å². The maximum absolute atomic E-state index is 13.3. The summed E-state index contributed by atoms with van der Waals surface area (Å²) in [5.74, 6) is 0.545. The minimum atomic E-state index is -4.53. The monoisotopic (exact) mass is 487 g/mol. The summed E-state index contributed by atoms with van der Waals surface area (Å²) in [6.45, 7) is 4.08. The third kappa shape index (κ3) is 5.67. The Hall–Kier alpha value is -3.14. The van der Waals surface area contributed by atoms with Gasteiger partial charge in [0, 0.05) is 12.0 Å².